The molecule has 1 atom stereocenters. The van der Waals surface area contributed by atoms with Crippen LogP contribution in [0.5, 0.6) is 0 Å². The fourth-order valence-corrected chi connectivity index (χ4v) is 5.18. The summed E-state index contributed by atoms with van der Waals surface area (Å²) < 4.78 is 0. The van der Waals surface area contributed by atoms with E-state index in [0.717, 1.165) is 29.1 Å². The Morgan fingerprint density at radius 2 is 1.94 bits per heavy atom. The number of para-hydroxylation sites is 1. The Hall–Kier alpha value is -3.32. The molecule has 34 heavy (non-hydrogen) atoms. The fraction of sp³-hybridized carbons (Fsp3) is 0.346. The molecule has 0 bridgehead atoms. The molecule has 0 radical (unpaired) electrons. The minimum atomic E-state index is -0.638. The number of carbonyl (C=O) groups excluding carboxylic acids is 3. The predicted molar refractivity (Wildman–Crippen MR) is 135 cm³/mol. The third-order valence-corrected chi connectivity index (χ3v) is 6.77. The van der Waals surface area contributed by atoms with Crippen LogP contribution in [0, 0.1) is 0 Å². The van der Waals surface area contributed by atoms with E-state index >= 15 is 0 Å². The Balaban J connectivity index is 1.57. The van der Waals surface area contributed by atoms with Crippen LogP contribution in [0.3, 0.4) is 0 Å². The summed E-state index contributed by atoms with van der Waals surface area (Å²) >= 11 is 6.62. The van der Waals surface area contributed by atoms with Crippen LogP contribution in [-0.2, 0) is 9.59 Å². The van der Waals surface area contributed by atoms with E-state index in [-0.39, 0.29) is 17.8 Å². The summed E-state index contributed by atoms with van der Waals surface area (Å²) in [6.07, 6.45) is 2.58. The van der Waals surface area contributed by atoms with Gasteiger partial charge in [-0.3, -0.25) is 9.59 Å². The highest BCUT2D eigenvalue weighted by molar-refractivity contribution is 6.32. The highest BCUT2D eigenvalue weighted by Crippen LogP contribution is 2.45. The van der Waals surface area contributed by atoms with Crippen LogP contribution in [0.25, 0.3) is 6.08 Å². The number of hydrogen-bond donors (Lipinski definition) is 2. The van der Waals surface area contributed by atoms with Gasteiger partial charge in [0, 0.05) is 28.5 Å². The number of benzene rings is 2. The SMILES string of the molecule is CCN1c2cc(Cl)c(/C=C3/NC(=O)N(CC(=O)Nc4ccccc4)C3=O)cc2C(C)CC1(C)C. The lowest BCUT2D eigenvalue weighted by atomic mass is 9.79. The molecule has 0 saturated carbocycles. The average Bonchev–Trinajstić information content (AvgIpc) is 3.02. The van der Waals surface area contributed by atoms with Crippen LogP contribution in [0.2, 0.25) is 5.02 Å². The number of carbonyl (C=O) groups is 3. The minimum absolute atomic E-state index is 0.0146. The van der Waals surface area contributed by atoms with Crippen molar-refractivity contribution in [1.82, 2.24) is 10.2 Å². The van der Waals surface area contributed by atoms with Gasteiger partial charge in [-0.2, -0.15) is 0 Å². The standard InChI is InChI=1S/C26H29ClN4O3/c1-5-31-22-13-20(27)17(11-19(22)16(2)14-26(31,3)4)12-21-24(33)30(25(34)29-21)15-23(32)28-18-9-7-6-8-10-18/h6-13,16H,5,14-15H2,1-4H3,(H,28,32)(H,29,34)/b21-12+. The van der Waals surface area contributed by atoms with E-state index in [9.17, 15) is 14.4 Å². The first kappa shape index (κ1) is 23.8. The smallest absolute Gasteiger partial charge is 0.329 e. The molecule has 2 aromatic carbocycles. The molecular weight excluding hydrogens is 452 g/mol. The van der Waals surface area contributed by atoms with Crippen LogP contribution in [0.15, 0.2) is 48.2 Å². The molecule has 2 aliphatic heterocycles. The average molecular weight is 481 g/mol. The number of hydrogen-bond acceptors (Lipinski definition) is 4. The molecule has 7 nitrogen and oxygen atoms in total. The summed E-state index contributed by atoms with van der Waals surface area (Å²) in [4.78, 5) is 40.9. The Bertz CT molecular complexity index is 1180. The van der Waals surface area contributed by atoms with Gasteiger partial charge in [0.1, 0.15) is 12.2 Å². The van der Waals surface area contributed by atoms with Crippen molar-refractivity contribution in [3.8, 4) is 0 Å². The van der Waals surface area contributed by atoms with Crippen LogP contribution in [-0.4, -0.2) is 41.4 Å². The number of nitrogens with one attached hydrogen (secondary N) is 2. The van der Waals surface area contributed by atoms with Gasteiger partial charge in [-0.05, 0) is 74.6 Å². The lowest BCUT2D eigenvalue weighted by Crippen LogP contribution is -2.48. The van der Waals surface area contributed by atoms with Crippen LogP contribution in [0.4, 0.5) is 16.2 Å². The first-order valence-electron chi connectivity index (χ1n) is 11.4. The van der Waals surface area contributed by atoms with Gasteiger partial charge in [0.2, 0.25) is 5.91 Å². The number of halogens is 1. The van der Waals surface area contributed by atoms with E-state index < -0.39 is 17.8 Å². The summed E-state index contributed by atoms with van der Waals surface area (Å²) in [6.45, 7) is 9.25. The highest BCUT2D eigenvalue weighted by Gasteiger charge is 2.37. The number of anilines is 2. The summed E-state index contributed by atoms with van der Waals surface area (Å²) in [5.74, 6) is -0.709. The minimum Gasteiger partial charge on any atom is -0.366 e. The van der Waals surface area contributed by atoms with Crippen molar-refractivity contribution in [3.05, 3.63) is 64.3 Å². The first-order chi connectivity index (χ1) is 16.1. The molecule has 0 aliphatic carbocycles. The van der Waals surface area contributed by atoms with Crippen molar-refractivity contribution < 1.29 is 14.4 Å². The van der Waals surface area contributed by atoms with E-state index in [4.69, 9.17) is 11.6 Å². The van der Waals surface area contributed by atoms with Crippen LogP contribution < -0.4 is 15.5 Å². The molecule has 8 heteroatoms. The lowest BCUT2D eigenvalue weighted by molar-refractivity contribution is -0.127. The zero-order valence-electron chi connectivity index (χ0n) is 19.8. The molecule has 2 aliphatic rings. The maximum atomic E-state index is 12.9. The molecule has 1 unspecified atom stereocenters. The maximum absolute atomic E-state index is 12.9. The van der Waals surface area contributed by atoms with E-state index in [1.807, 2.05) is 18.2 Å². The number of imide groups is 1. The molecule has 1 fully saturated rings. The van der Waals surface area contributed by atoms with Crippen molar-refractivity contribution in [2.24, 2.45) is 0 Å². The Morgan fingerprint density at radius 1 is 1.24 bits per heavy atom. The monoisotopic (exact) mass is 480 g/mol. The van der Waals surface area contributed by atoms with Crippen LogP contribution in [0.1, 0.15) is 51.2 Å². The third kappa shape index (κ3) is 4.53. The topological polar surface area (TPSA) is 81.8 Å². The van der Waals surface area contributed by atoms with Gasteiger partial charge in [-0.1, -0.05) is 36.7 Å². The predicted octanol–water partition coefficient (Wildman–Crippen LogP) is 4.98. The number of nitrogens with zero attached hydrogens (tertiary/aromatic N) is 2. The molecule has 0 aromatic heterocycles. The highest BCUT2D eigenvalue weighted by atomic mass is 35.5. The molecule has 1 saturated heterocycles. The summed E-state index contributed by atoms with van der Waals surface area (Å²) in [6, 6.07) is 12.2. The van der Waals surface area contributed by atoms with Crippen molar-refractivity contribution in [2.75, 3.05) is 23.3 Å². The van der Waals surface area contributed by atoms with Gasteiger partial charge >= 0.3 is 6.03 Å². The molecule has 0 spiro atoms. The number of fused-ring (bicyclic) bond motifs is 1. The van der Waals surface area contributed by atoms with E-state index in [1.54, 1.807) is 30.3 Å². The van der Waals surface area contributed by atoms with Crippen LogP contribution >= 0.6 is 11.6 Å². The van der Waals surface area contributed by atoms with Gasteiger partial charge < -0.3 is 15.5 Å². The maximum Gasteiger partial charge on any atom is 0.329 e. The molecular formula is C26H29ClN4O3. The second-order valence-electron chi connectivity index (χ2n) is 9.39. The Morgan fingerprint density at radius 3 is 2.62 bits per heavy atom. The van der Waals surface area contributed by atoms with E-state index in [1.165, 1.54) is 0 Å². The fourth-order valence-electron chi connectivity index (χ4n) is 4.97. The Kier molecular flexibility index (Phi) is 6.41. The zero-order chi connectivity index (χ0) is 24.6. The van der Waals surface area contributed by atoms with Gasteiger partial charge in [0.15, 0.2) is 0 Å². The number of urea groups is 1. The van der Waals surface area contributed by atoms with E-state index in [2.05, 4.69) is 43.2 Å². The molecule has 2 aromatic rings. The number of amides is 4. The summed E-state index contributed by atoms with van der Waals surface area (Å²) in [7, 11) is 0. The first-order valence-corrected chi connectivity index (χ1v) is 11.8. The molecule has 2 heterocycles. The van der Waals surface area contributed by atoms with E-state index in [0.29, 0.717) is 22.2 Å². The second-order valence-corrected chi connectivity index (χ2v) is 9.80. The largest absolute Gasteiger partial charge is 0.366 e. The summed E-state index contributed by atoms with van der Waals surface area (Å²) in [5, 5.41) is 5.75. The van der Waals surface area contributed by atoms with Crippen molar-refractivity contribution in [2.45, 2.75) is 45.6 Å². The molecule has 4 rings (SSSR count). The lowest BCUT2D eigenvalue weighted by Gasteiger charge is -2.47. The van der Waals surface area contributed by atoms with Crippen molar-refractivity contribution in [3.63, 3.8) is 0 Å². The van der Waals surface area contributed by atoms with Crippen molar-refractivity contribution in [1.29, 1.82) is 0 Å². The molecule has 4 amide bonds. The zero-order valence-corrected chi connectivity index (χ0v) is 20.6. The molecule has 178 valence electrons. The Labute approximate surface area is 204 Å². The quantitative estimate of drug-likeness (QED) is 0.467. The normalized spacial score (nSPS) is 20.4. The van der Waals surface area contributed by atoms with Gasteiger partial charge in [0.25, 0.3) is 5.91 Å². The third-order valence-electron chi connectivity index (χ3n) is 6.44. The second kappa shape index (κ2) is 9.14. The number of rotatable bonds is 5. The molecule has 2 N–H and O–H groups in total. The van der Waals surface area contributed by atoms with Gasteiger partial charge in [-0.15, -0.1) is 0 Å². The van der Waals surface area contributed by atoms with Gasteiger partial charge in [-0.25, -0.2) is 9.69 Å². The van der Waals surface area contributed by atoms with Gasteiger partial charge in [0.05, 0.1) is 0 Å². The summed E-state index contributed by atoms with van der Waals surface area (Å²) in [5.41, 5.74) is 3.61. The van der Waals surface area contributed by atoms with Crippen molar-refractivity contribution >= 4 is 46.9 Å².